The Morgan fingerprint density at radius 3 is 2.72 bits per heavy atom. The predicted octanol–water partition coefficient (Wildman–Crippen LogP) is 4.49. The molecule has 2 N–H and O–H groups in total. The van der Waals surface area contributed by atoms with E-state index >= 15 is 0 Å². The van der Waals surface area contributed by atoms with Gasteiger partial charge in [-0.15, -0.1) is 0 Å². The van der Waals surface area contributed by atoms with Gasteiger partial charge in [-0.05, 0) is 36.2 Å². The Morgan fingerprint density at radius 2 is 1.88 bits per heavy atom. The van der Waals surface area contributed by atoms with Gasteiger partial charge in [-0.1, -0.05) is 46.3 Å². The Labute approximate surface area is 153 Å². The molecule has 2 aromatic heterocycles. The summed E-state index contributed by atoms with van der Waals surface area (Å²) in [5.74, 6) is 0.742. The predicted molar refractivity (Wildman–Crippen MR) is 106 cm³/mol. The Morgan fingerprint density at radius 1 is 1.04 bits per heavy atom. The number of rotatable bonds is 4. The van der Waals surface area contributed by atoms with Crippen molar-refractivity contribution in [3.8, 4) is 0 Å². The van der Waals surface area contributed by atoms with Crippen molar-refractivity contribution < 1.29 is 0 Å². The number of hydrogen-bond acceptors (Lipinski definition) is 3. The van der Waals surface area contributed by atoms with Gasteiger partial charge in [0.25, 0.3) is 5.56 Å². The van der Waals surface area contributed by atoms with Crippen LogP contribution in [0.2, 0.25) is 0 Å². The molecule has 0 saturated heterocycles. The van der Waals surface area contributed by atoms with E-state index in [4.69, 9.17) is 4.98 Å². The number of anilines is 1. The number of aromatic amines is 1. The molecule has 2 heterocycles. The van der Waals surface area contributed by atoms with Crippen LogP contribution < -0.4 is 10.9 Å². The highest BCUT2D eigenvalue weighted by Crippen LogP contribution is 2.28. The first-order valence-corrected chi connectivity index (χ1v) is 8.90. The summed E-state index contributed by atoms with van der Waals surface area (Å²) in [6.45, 7) is 0.751. The summed E-state index contributed by atoms with van der Waals surface area (Å²) in [5.41, 5.74) is 1.96. The zero-order valence-corrected chi connectivity index (χ0v) is 15.0. The van der Waals surface area contributed by atoms with Crippen LogP contribution in [0, 0.1) is 0 Å². The van der Waals surface area contributed by atoms with Crippen molar-refractivity contribution in [3.63, 3.8) is 0 Å². The van der Waals surface area contributed by atoms with Crippen molar-refractivity contribution in [3.05, 3.63) is 81.2 Å². The minimum atomic E-state index is -0.103. The Hall–Kier alpha value is -2.66. The average molecular weight is 394 g/mol. The minimum absolute atomic E-state index is 0.103. The molecule has 0 unspecified atom stereocenters. The Kier molecular flexibility index (Phi) is 4.24. The van der Waals surface area contributed by atoms with Crippen LogP contribution in [0.4, 0.5) is 5.82 Å². The maximum Gasteiger partial charge on any atom is 0.256 e. The maximum atomic E-state index is 12.4. The molecular formula is C20H16BrN3O. The quantitative estimate of drug-likeness (QED) is 0.502. The topological polar surface area (TPSA) is 57.8 Å². The first-order chi connectivity index (χ1) is 12.2. The largest absolute Gasteiger partial charge is 0.369 e. The fraction of sp³-hybridized carbons (Fsp3) is 0.100. The number of nitrogens with one attached hydrogen (secondary N) is 2. The second-order valence-electron chi connectivity index (χ2n) is 5.88. The van der Waals surface area contributed by atoms with Crippen LogP contribution in [0.1, 0.15) is 5.56 Å². The van der Waals surface area contributed by atoms with Crippen LogP contribution in [0.3, 0.4) is 0 Å². The van der Waals surface area contributed by atoms with Gasteiger partial charge < -0.3 is 10.3 Å². The Balaban J connectivity index is 1.76. The molecule has 0 atom stereocenters. The van der Waals surface area contributed by atoms with E-state index in [2.05, 4.69) is 38.4 Å². The lowest BCUT2D eigenvalue weighted by Crippen LogP contribution is -2.11. The summed E-state index contributed by atoms with van der Waals surface area (Å²) in [4.78, 5) is 19.9. The fourth-order valence-electron chi connectivity index (χ4n) is 3.03. The second kappa shape index (κ2) is 6.69. The van der Waals surface area contributed by atoms with Gasteiger partial charge in [0, 0.05) is 28.0 Å². The lowest BCUT2D eigenvalue weighted by atomic mass is 10.1. The summed E-state index contributed by atoms with van der Waals surface area (Å²) < 4.78 is 0.927. The van der Waals surface area contributed by atoms with Crippen molar-refractivity contribution in [2.45, 2.75) is 6.42 Å². The summed E-state index contributed by atoms with van der Waals surface area (Å²) in [6, 6.07) is 18.0. The highest BCUT2D eigenvalue weighted by atomic mass is 79.9. The monoisotopic (exact) mass is 393 g/mol. The molecule has 25 heavy (non-hydrogen) atoms. The third-order valence-electron chi connectivity index (χ3n) is 4.23. The Bertz CT molecular complexity index is 1110. The van der Waals surface area contributed by atoms with Gasteiger partial charge in [0.05, 0.1) is 10.9 Å². The average Bonchev–Trinajstić information content (AvgIpc) is 2.63. The highest BCUT2D eigenvalue weighted by molar-refractivity contribution is 9.10. The van der Waals surface area contributed by atoms with Gasteiger partial charge in [-0.2, -0.15) is 0 Å². The molecule has 0 spiro atoms. The number of hydrogen-bond donors (Lipinski definition) is 2. The molecule has 0 aliphatic carbocycles. The zero-order valence-electron chi connectivity index (χ0n) is 13.4. The van der Waals surface area contributed by atoms with Crippen LogP contribution in [-0.4, -0.2) is 16.5 Å². The van der Waals surface area contributed by atoms with Crippen molar-refractivity contribution in [1.82, 2.24) is 9.97 Å². The molecule has 0 saturated carbocycles. The normalized spacial score (nSPS) is 11.1. The van der Waals surface area contributed by atoms with E-state index in [1.54, 1.807) is 6.20 Å². The standard InChI is InChI=1S/C20H16BrN3O/c21-14-6-7-17-16(12-14)18-15(9-11-23-20(18)25)19(24-17)22-10-8-13-4-2-1-3-5-13/h1-7,9,11-12H,8,10H2,(H,22,24)(H,23,25). The van der Waals surface area contributed by atoms with Crippen LogP contribution >= 0.6 is 15.9 Å². The summed E-state index contributed by atoms with van der Waals surface area (Å²) >= 11 is 3.47. The van der Waals surface area contributed by atoms with Crippen molar-refractivity contribution in [2.75, 3.05) is 11.9 Å². The molecule has 0 amide bonds. The highest BCUT2D eigenvalue weighted by Gasteiger charge is 2.11. The van der Waals surface area contributed by atoms with Gasteiger partial charge in [0.15, 0.2) is 0 Å². The second-order valence-corrected chi connectivity index (χ2v) is 6.80. The third kappa shape index (κ3) is 3.15. The van der Waals surface area contributed by atoms with E-state index in [1.807, 2.05) is 42.5 Å². The van der Waals surface area contributed by atoms with Crippen LogP contribution in [0.25, 0.3) is 21.7 Å². The first kappa shape index (κ1) is 15.8. The molecule has 0 aliphatic rings. The van der Waals surface area contributed by atoms with E-state index in [9.17, 15) is 4.79 Å². The smallest absolute Gasteiger partial charge is 0.256 e. The van der Waals surface area contributed by atoms with E-state index in [-0.39, 0.29) is 5.56 Å². The molecule has 0 fully saturated rings. The molecule has 5 heteroatoms. The third-order valence-corrected chi connectivity index (χ3v) is 4.72. The van der Waals surface area contributed by atoms with Gasteiger partial charge in [0.1, 0.15) is 5.82 Å². The lowest BCUT2D eigenvalue weighted by Gasteiger charge is -2.11. The molecule has 0 bridgehead atoms. The SMILES string of the molecule is O=c1[nH]ccc2c(NCCc3ccccc3)nc3ccc(Br)cc3c12. The van der Waals surface area contributed by atoms with Crippen LogP contribution in [-0.2, 0) is 6.42 Å². The van der Waals surface area contributed by atoms with E-state index in [1.165, 1.54) is 5.56 Å². The van der Waals surface area contributed by atoms with Crippen LogP contribution in [0.5, 0.6) is 0 Å². The molecule has 0 aliphatic heterocycles. The molecule has 4 nitrogen and oxygen atoms in total. The van der Waals surface area contributed by atoms with Crippen molar-refractivity contribution in [1.29, 1.82) is 0 Å². The molecule has 0 radical (unpaired) electrons. The molecule has 4 aromatic rings. The number of nitrogens with zero attached hydrogens (tertiary/aromatic N) is 1. The number of halogens is 1. The van der Waals surface area contributed by atoms with Crippen LogP contribution in [0.15, 0.2) is 70.1 Å². The molecular weight excluding hydrogens is 378 g/mol. The van der Waals surface area contributed by atoms with Crippen molar-refractivity contribution in [2.24, 2.45) is 0 Å². The number of H-pyrrole nitrogens is 1. The number of pyridine rings is 2. The molecule has 4 rings (SSSR count). The summed E-state index contributed by atoms with van der Waals surface area (Å²) in [5, 5.41) is 5.74. The van der Waals surface area contributed by atoms with Gasteiger partial charge >= 0.3 is 0 Å². The van der Waals surface area contributed by atoms with E-state index in [0.717, 1.165) is 39.5 Å². The number of aromatic nitrogens is 2. The fourth-order valence-corrected chi connectivity index (χ4v) is 3.40. The summed E-state index contributed by atoms with van der Waals surface area (Å²) in [6.07, 6.45) is 2.56. The minimum Gasteiger partial charge on any atom is -0.369 e. The van der Waals surface area contributed by atoms with Gasteiger partial charge in [0.2, 0.25) is 0 Å². The lowest BCUT2D eigenvalue weighted by molar-refractivity contribution is 1.01. The van der Waals surface area contributed by atoms with Crippen molar-refractivity contribution >= 4 is 43.4 Å². The van der Waals surface area contributed by atoms with Gasteiger partial charge in [-0.25, -0.2) is 4.98 Å². The molecule has 2 aromatic carbocycles. The number of fused-ring (bicyclic) bond motifs is 3. The van der Waals surface area contributed by atoms with Gasteiger partial charge in [-0.3, -0.25) is 4.79 Å². The first-order valence-electron chi connectivity index (χ1n) is 8.11. The van der Waals surface area contributed by atoms with E-state index in [0.29, 0.717) is 5.39 Å². The van der Waals surface area contributed by atoms with E-state index < -0.39 is 0 Å². The molecule has 124 valence electrons. The number of benzene rings is 2. The zero-order chi connectivity index (χ0) is 17.2. The summed E-state index contributed by atoms with van der Waals surface area (Å²) in [7, 11) is 0. The maximum absolute atomic E-state index is 12.4.